The van der Waals surface area contributed by atoms with Crippen LogP contribution in [0.15, 0.2) is 71.6 Å². The quantitative estimate of drug-likeness (QED) is 0.334. The molecular weight excluding hydrogens is 528 g/mol. The van der Waals surface area contributed by atoms with Crippen molar-refractivity contribution in [2.45, 2.75) is 18.4 Å². The lowest BCUT2D eigenvalue weighted by Gasteiger charge is -2.34. The molecule has 0 N–H and O–H groups in total. The first-order chi connectivity index (χ1) is 17.7. The summed E-state index contributed by atoms with van der Waals surface area (Å²) in [5.74, 6) is -0.104. The third kappa shape index (κ3) is 5.22. The minimum Gasteiger partial charge on any atom is -0.345 e. The molecule has 0 aliphatic carbocycles. The minimum absolute atomic E-state index is 0.104. The molecule has 0 bridgehead atoms. The first kappa shape index (κ1) is 25.7. The molecule has 1 aromatic heterocycles. The molecule has 1 saturated heterocycles. The zero-order chi connectivity index (χ0) is 26.2. The first-order valence-corrected chi connectivity index (χ1v) is 14.6. The molecule has 1 fully saturated rings. The molecule has 3 aromatic carbocycles. The molecule has 0 atom stereocenters. The number of nitrogens with zero attached hydrogens (tertiary/aromatic N) is 4. The number of aryl methyl sites for hydroxylation is 1. The molecule has 1 aliphatic rings. The maximum absolute atomic E-state index is 13.1. The Morgan fingerprint density at radius 1 is 1.00 bits per heavy atom. The van der Waals surface area contributed by atoms with E-state index in [0.717, 1.165) is 26.5 Å². The summed E-state index contributed by atoms with van der Waals surface area (Å²) in [6.07, 6.45) is 0. The zero-order valence-corrected chi connectivity index (χ0v) is 23.0. The third-order valence-corrected chi connectivity index (χ3v) is 9.94. The number of carbonyl (C=O) groups is 1. The van der Waals surface area contributed by atoms with Crippen molar-refractivity contribution in [3.63, 3.8) is 0 Å². The average Bonchev–Trinajstić information content (AvgIpc) is 3.36. The molecule has 0 unspecified atom stereocenters. The number of hydrogen-bond donors (Lipinski definition) is 0. The topological polar surface area (TPSA) is 73.8 Å². The molecule has 5 rings (SSSR count). The van der Waals surface area contributed by atoms with Crippen LogP contribution in [0.4, 0.5) is 5.13 Å². The molecule has 0 saturated carbocycles. The summed E-state index contributed by atoms with van der Waals surface area (Å²) in [7, 11) is -2.11. The van der Waals surface area contributed by atoms with E-state index in [9.17, 15) is 13.2 Å². The van der Waals surface area contributed by atoms with Gasteiger partial charge in [-0.05, 0) is 54.4 Å². The maximum Gasteiger partial charge on any atom is 0.253 e. The molecule has 1 aliphatic heterocycles. The molecule has 37 heavy (non-hydrogen) atoms. The van der Waals surface area contributed by atoms with E-state index in [2.05, 4.69) is 4.90 Å². The van der Waals surface area contributed by atoms with Gasteiger partial charge >= 0.3 is 0 Å². The Hall–Kier alpha value is -2.98. The van der Waals surface area contributed by atoms with Crippen molar-refractivity contribution in [3.8, 4) is 0 Å². The van der Waals surface area contributed by atoms with Crippen molar-refractivity contribution in [1.29, 1.82) is 0 Å². The highest BCUT2D eigenvalue weighted by molar-refractivity contribution is 7.89. The number of thiazole rings is 1. The molecule has 1 amide bonds. The van der Waals surface area contributed by atoms with Gasteiger partial charge in [-0.15, -0.1) is 0 Å². The molecule has 10 heteroatoms. The van der Waals surface area contributed by atoms with E-state index in [1.807, 2.05) is 49.4 Å². The van der Waals surface area contributed by atoms with E-state index in [1.54, 1.807) is 35.4 Å². The van der Waals surface area contributed by atoms with Gasteiger partial charge in [-0.3, -0.25) is 4.79 Å². The number of carbonyl (C=O) groups excluding carboxylic acids is 1. The highest BCUT2D eigenvalue weighted by Gasteiger charge is 2.26. The Morgan fingerprint density at radius 3 is 2.35 bits per heavy atom. The van der Waals surface area contributed by atoms with Crippen LogP contribution in [0.3, 0.4) is 0 Å². The normalized spacial score (nSPS) is 14.5. The number of amides is 1. The number of piperazine rings is 1. The summed E-state index contributed by atoms with van der Waals surface area (Å²) in [6, 6.07) is 19.5. The number of benzene rings is 3. The summed E-state index contributed by atoms with van der Waals surface area (Å²) in [5.41, 5.74) is 3.29. The monoisotopic (exact) mass is 554 g/mol. The second-order valence-corrected chi connectivity index (χ2v) is 12.5. The van der Waals surface area contributed by atoms with E-state index in [-0.39, 0.29) is 17.3 Å². The van der Waals surface area contributed by atoms with Crippen LogP contribution in [0.5, 0.6) is 0 Å². The fourth-order valence-electron chi connectivity index (χ4n) is 4.38. The van der Waals surface area contributed by atoms with Crippen LogP contribution in [0.1, 0.15) is 21.5 Å². The minimum atomic E-state index is -3.67. The maximum atomic E-state index is 13.1. The van der Waals surface area contributed by atoms with E-state index < -0.39 is 10.0 Å². The first-order valence-electron chi connectivity index (χ1n) is 11.9. The van der Waals surface area contributed by atoms with Crippen LogP contribution in [0, 0.1) is 6.92 Å². The fourth-order valence-corrected chi connectivity index (χ4v) is 6.77. The van der Waals surface area contributed by atoms with Gasteiger partial charge in [0.25, 0.3) is 5.91 Å². The van der Waals surface area contributed by atoms with Gasteiger partial charge in [0.05, 0.1) is 15.1 Å². The van der Waals surface area contributed by atoms with Crippen molar-refractivity contribution < 1.29 is 13.2 Å². The van der Waals surface area contributed by atoms with Crippen LogP contribution in [-0.4, -0.2) is 61.7 Å². The van der Waals surface area contributed by atoms with E-state index in [4.69, 9.17) is 16.6 Å². The second kappa shape index (κ2) is 10.4. The van der Waals surface area contributed by atoms with Gasteiger partial charge in [-0.2, -0.15) is 4.31 Å². The Labute approximate surface area is 226 Å². The Morgan fingerprint density at radius 2 is 1.68 bits per heavy atom. The molecule has 7 nitrogen and oxygen atoms in total. The number of sulfonamides is 1. The van der Waals surface area contributed by atoms with Gasteiger partial charge in [0, 0.05) is 50.4 Å². The van der Waals surface area contributed by atoms with Crippen LogP contribution in [0.2, 0.25) is 5.02 Å². The number of rotatable bonds is 6. The predicted octanol–water partition coefficient (Wildman–Crippen LogP) is 5.04. The summed E-state index contributed by atoms with van der Waals surface area (Å²) in [6.45, 7) is 4.73. The molecule has 0 spiro atoms. The molecule has 192 valence electrons. The number of anilines is 1. The summed E-state index contributed by atoms with van der Waals surface area (Å²) in [5, 5.41) is 1.64. The smallest absolute Gasteiger partial charge is 0.253 e. The zero-order valence-electron chi connectivity index (χ0n) is 20.6. The number of halogens is 1. The van der Waals surface area contributed by atoms with Crippen molar-refractivity contribution in [3.05, 3.63) is 88.4 Å². The van der Waals surface area contributed by atoms with E-state index in [0.29, 0.717) is 36.8 Å². The van der Waals surface area contributed by atoms with Gasteiger partial charge < -0.3 is 9.80 Å². The van der Waals surface area contributed by atoms with Gasteiger partial charge in [-0.1, -0.05) is 53.3 Å². The summed E-state index contributed by atoms with van der Waals surface area (Å²) in [4.78, 5) is 22.1. The molecule has 4 aromatic rings. The average molecular weight is 555 g/mol. The summed E-state index contributed by atoms with van der Waals surface area (Å²) >= 11 is 7.88. The van der Waals surface area contributed by atoms with Crippen molar-refractivity contribution in [2.24, 2.45) is 0 Å². The number of aromatic nitrogens is 1. The third-order valence-electron chi connectivity index (χ3n) is 6.63. The van der Waals surface area contributed by atoms with Crippen molar-refractivity contribution in [2.75, 3.05) is 38.1 Å². The van der Waals surface area contributed by atoms with E-state index in [1.165, 1.54) is 16.4 Å². The second-order valence-electron chi connectivity index (χ2n) is 9.07. The molecule has 2 heterocycles. The SMILES string of the molecule is Cc1c(Cl)ccc2sc(N3CCN(C(=O)c4ccc(S(=O)(=O)N(C)Cc5ccccc5)cc4)CC3)nc12. The Kier molecular flexibility index (Phi) is 7.22. The Bertz CT molecular complexity index is 1530. The lowest BCUT2D eigenvalue weighted by Crippen LogP contribution is -2.48. The van der Waals surface area contributed by atoms with Gasteiger partial charge in [0.1, 0.15) is 0 Å². The lowest BCUT2D eigenvalue weighted by atomic mass is 10.2. The summed E-state index contributed by atoms with van der Waals surface area (Å²) < 4.78 is 28.4. The number of hydrogen-bond acceptors (Lipinski definition) is 6. The number of fused-ring (bicyclic) bond motifs is 1. The largest absolute Gasteiger partial charge is 0.345 e. The van der Waals surface area contributed by atoms with Crippen LogP contribution >= 0.6 is 22.9 Å². The molecular formula is C27H27ClN4O3S2. The highest BCUT2D eigenvalue weighted by Crippen LogP contribution is 2.34. The fraction of sp³-hybridized carbons (Fsp3) is 0.259. The predicted molar refractivity (Wildman–Crippen MR) is 149 cm³/mol. The van der Waals surface area contributed by atoms with Gasteiger partial charge in [0.2, 0.25) is 10.0 Å². The van der Waals surface area contributed by atoms with Crippen molar-refractivity contribution >= 4 is 54.2 Å². The van der Waals surface area contributed by atoms with Crippen LogP contribution in [0.25, 0.3) is 10.2 Å². The lowest BCUT2D eigenvalue weighted by molar-refractivity contribution is 0.0746. The van der Waals surface area contributed by atoms with Gasteiger partial charge in [-0.25, -0.2) is 13.4 Å². The van der Waals surface area contributed by atoms with E-state index >= 15 is 0 Å². The van der Waals surface area contributed by atoms with Crippen LogP contribution < -0.4 is 4.90 Å². The standard InChI is InChI=1S/C27H27ClN4O3S2/c1-19-23(28)12-13-24-25(19)29-27(36-24)32-16-14-31(15-17-32)26(33)21-8-10-22(11-9-21)37(34,35)30(2)18-20-6-4-3-5-7-20/h3-13H,14-18H2,1-2H3. The van der Waals surface area contributed by atoms with Crippen LogP contribution in [-0.2, 0) is 16.6 Å². The van der Waals surface area contributed by atoms with Crippen molar-refractivity contribution in [1.82, 2.24) is 14.2 Å². The Balaban J connectivity index is 1.22. The van der Waals surface area contributed by atoms with Gasteiger partial charge in [0.15, 0.2) is 5.13 Å². The molecule has 0 radical (unpaired) electrons. The highest BCUT2D eigenvalue weighted by atomic mass is 35.5.